The molecule has 0 bridgehead atoms. The lowest BCUT2D eigenvalue weighted by Gasteiger charge is -2.12. The minimum absolute atomic E-state index is 0.388. The van der Waals surface area contributed by atoms with E-state index in [2.05, 4.69) is 14.1 Å². The van der Waals surface area contributed by atoms with Crippen molar-refractivity contribution in [2.75, 3.05) is 0 Å². The standard InChI is InChI=1S/C10H7F2NO5S/c11-10(12,19-18-17-15)9(14)16-6-8-3-1-7(5-13)2-4-8/h1-4,15H,6H2. The van der Waals surface area contributed by atoms with Gasteiger partial charge in [0.25, 0.3) is 0 Å². The molecule has 0 atom stereocenters. The highest BCUT2D eigenvalue weighted by Gasteiger charge is 2.44. The second-order valence-electron chi connectivity index (χ2n) is 3.13. The molecule has 6 nitrogen and oxygen atoms in total. The van der Waals surface area contributed by atoms with Crippen molar-refractivity contribution in [1.82, 2.24) is 0 Å². The van der Waals surface area contributed by atoms with E-state index in [1.54, 1.807) is 0 Å². The summed E-state index contributed by atoms with van der Waals surface area (Å²) in [6.45, 7) is -0.388. The SMILES string of the molecule is N#Cc1ccc(COC(=O)C(F)(F)SOOO)cc1. The monoisotopic (exact) mass is 291 g/mol. The molecule has 0 unspecified atom stereocenters. The molecule has 0 aromatic heterocycles. The smallest absolute Gasteiger partial charge is 0.415 e. The Morgan fingerprint density at radius 3 is 2.58 bits per heavy atom. The lowest BCUT2D eigenvalue weighted by molar-refractivity contribution is -0.433. The molecule has 1 aromatic rings. The zero-order valence-corrected chi connectivity index (χ0v) is 10.0. The molecule has 1 rings (SSSR count). The number of esters is 1. The molecule has 0 amide bonds. The normalized spacial score (nSPS) is 10.8. The van der Waals surface area contributed by atoms with E-state index in [0.717, 1.165) is 0 Å². The summed E-state index contributed by atoms with van der Waals surface area (Å²) in [7, 11) is 0. The Morgan fingerprint density at radius 2 is 2.05 bits per heavy atom. The van der Waals surface area contributed by atoms with Crippen LogP contribution in [0.25, 0.3) is 0 Å². The van der Waals surface area contributed by atoms with Gasteiger partial charge >= 0.3 is 11.2 Å². The van der Waals surface area contributed by atoms with Gasteiger partial charge < -0.3 is 4.74 Å². The van der Waals surface area contributed by atoms with Gasteiger partial charge in [0.15, 0.2) is 0 Å². The Kier molecular flexibility index (Phi) is 5.65. The number of hydrogen-bond acceptors (Lipinski definition) is 7. The first-order chi connectivity index (χ1) is 8.99. The summed E-state index contributed by atoms with van der Waals surface area (Å²) >= 11 is -0.695. The predicted octanol–water partition coefficient (Wildman–Crippen LogP) is 2.26. The van der Waals surface area contributed by atoms with E-state index in [1.165, 1.54) is 24.3 Å². The van der Waals surface area contributed by atoms with Crippen LogP contribution in [0.3, 0.4) is 0 Å². The second-order valence-corrected chi connectivity index (χ2v) is 3.94. The van der Waals surface area contributed by atoms with E-state index in [-0.39, 0.29) is 6.61 Å². The quantitative estimate of drug-likeness (QED) is 0.372. The third-order valence-electron chi connectivity index (χ3n) is 1.86. The molecule has 0 saturated heterocycles. The average Bonchev–Trinajstić information content (AvgIpc) is 2.43. The van der Waals surface area contributed by atoms with Crippen molar-refractivity contribution < 1.29 is 32.9 Å². The number of nitrogens with zero attached hydrogens (tertiary/aromatic N) is 1. The van der Waals surface area contributed by atoms with Crippen molar-refractivity contribution in [2.45, 2.75) is 11.9 Å². The van der Waals surface area contributed by atoms with Gasteiger partial charge in [0.1, 0.15) is 18.6 Å². The Morgan fingerprint density at radius 1 is 1.42 bits per heavy atom. The Labute approximate surface area is 110 Å². The van der Waals surface area contributed by atoms with Crippen molar-refractivity contribution in [3.63, 3.8) is 0 Å². The minimum Gasteiger partial charge on any atom is -0.456 e. The number of carbonyl (C=O) groups excluding carboxylic acids is 1. The highest BCUT2D eigenvalue weighted by molar-refractivity contribution is 7.96. The summed E-state index contributed by atoms with van der Waals surface area (Å²) in [5, 5.41) is 15.2. The van der Waals surface area contributed by atoms with Crippen LogP contribution < -0.4 is 0 Å². The van der Waals surface area contributed by atoms with Gasteiger partial charge in [-0.3, -0.25) is 0 Å². The van der Waals surface area contributed by atoms with Crippen molar-refractivity contribution >= 4 is 18.0 Å². The van der Waals surface area contributed by atoms with Crippen LogP contribution in [0, 0.1) is 11.3 Å². The van der Waals surface area contributed by atoms with Crippen LogP contribution in [0.2, 0.25) is 0 Å². The van der Waals surface area contributed by atoms with E-state index in [4.69, 9.17) is 10.5 Å². The van der Waals surface area contributed by atoms with Crippen LogP contribution in [0.15, 0.2) is 24.3 Å². The van der Waals surface area contributed by atoms with E-state index in [0.29, 0.717) is 11.1 Å². The number of ether oxygens (including phenoxy) is 1. The van der Waals surface area contributed by atoms with Crippen LogP contribution >= 0.6 is 12.0 Å². The van der Waals surface area contributed by atoms with Crippen LogP contribution in [0.4, 0.5) is 8.78 Å². The number of rotatable bonds is 6. The van der Waals surface area contributed by atoms with Gasteiger partial charge in [0.05, 0.1) is 11.6 Å². The maximum atomic E-state index is 13.0. The number of carbonyl (C=O) groups is 1. The summed E-state index contributed by atoms with van der Waals surface area (Å²) in [6.07, 6.45) is 0. The molecule has 0 saturated carbocycles. The van der Waals surface area contributed by atoms with Crippen molar-refractivity contribution in [2.24, 2.45) is 0 Å². The maximum Gasteiger partial charge on any atom is 0.415 e. The minimum atomic E-state index is -4.02. The molecule has 0 fully saturated rings. The van der Waals surface area contributed by atoms with Crippen molar-refractivity contribution in [3.8, 4) is 6.07 Å². The summed E-state index contributed by atoms with van der Waals surface area (Å²) in [6, 6.07) is 7.72. The van der Waals surface area contributed by atoms with Crippen LogP contribution in [0.1, 0.15) is 11.1 Å². The van der Waals surface area contributed by atoms with Gasteiger partial charge in [0.2, 0.25) is 0 Å². The van der Waals surface area contributed by atoms with E-state index in [1.807, 2.05) is 6.07 Å². The fourth-order valence-corrected chi connectivity index (χ4v) is 1.24. The summed E-state index contributed by atoms with van der Waals surface area (Å²) in [5.41, 5.74) is 0.830. The Hall–Kier alpha value is -1.73. The van der Waals surface area contributed by atoms with Crippen LogP contribution in [-0.4, -0.2) is 16.5 Å². The first kappa shape index (κ1) is 15.3. The third kappa shape index (κ3) is 4.80. The zero-order valence-electron chi connectivity index (χ0n) is 9.21. The topological polar surface area (TPSA) is 88.8 Å². The molecule has 1 aromatic carbocycles. The average molecular weight is 291 g/mol. The summed E-state index contributed by atoms with van der Waals surface area (Å²) in [4.78, 5) is 11.0. The van der Waals surface area contributed by atoms with Crippen LogP contribution in [-0.2, 0) is 25.5 Å². The highest BCUT2D eigenvalue weighted by atomic mass is 32.2. The first-order valence-electron chi connectivity index (χ1n) is 4.69. The van der Waals surface area contributed by atoms with Gasteiger partial charge in [-0.15, -0.1) is 4.33 Å². The number of alkyl halides is 2. The molecule has 9 heteroatoms. The molecule has 0 aliphatic rings. The number of halogens is 2. The lowest BCUT2D eigenvalue weighted by Crippen LogP contribution is -2.27. The molecular weight excluding hydrogens is 284 g/mol. The van der Waals surface area contributed by atoms with Crippen LogP contribution in [0.5, 0.6) is 0 Å². The van der Waals surface area contributed by atoms with Gasteiger partial charge in [-0.05, 0) is 17.7 Å². The molecule has 0 aliphatic carbocycles. The summed E-state index contributed by atoms with van der Waals surface area (Å²) in [5.74, 6) is -1.85. The molecule has 0 radical (unpaired) electrons. The van der Waals surface area contributed by atoms with Gasteiger partial charge in [-0.2, -0.15) is 14.0 Å². The predicted molar refractivity (Wildman–Crippen MR) is 58.3 cm³/mol. The largest absolute Gasteiger partial charge is 0.456 e. The van der Waals surface area contributed by atoms with E-state index < -0.39 is 23.3 Å². The molecule has 102 valence electrons. The van der Waals surface area contributed by atoms with Crippen molar-refractivity contribution in [1.29, 1.82) is 5.26 Å². The molecular formula is C10H7F2NO5S. The van der Waals surface area contributed by atoms with Gasteiger partial charge in [0, 0.05) is 0 Å². The molecule has 19 heavy (non-hydrogen) atoms. The summed E-state index contributed by atoms with van der Waals surface area (Å²) < 4.78 is 33.8. The highest BCUT2D eigenvalue weighted by Crippen LogP contribution is 2.31. The lowest BCUT2D eigenvalue weighted by atomic mass is 10.2. The number of hydrogen-bond donors (Lipinski definition) is 1. The van der Waals surface area contributed by atoms with Crippen molar-refractivity contribution in [3.05, 3.63) is 35.4 Å². The molecule has 0 spiro atoms. The number of benzene rings is 1. The van der Waals surface area contributed by atoms with E-state index >= 15 is 0 Å². The van der Waals surface area contributed by atoms with Gasteiger partial charge in [-0.25, -0.2) is 10.1 Å². The van der Waals surface area contributed by atoms with Gasteiger partial charge in [-0.1, -0.05) is 17.2 Å². The maximum absolute atomic E-state index is 13.0. The molecule has 0 heterocycles. The number of nitriles is 1. The Bertz CT molecular complexity index is 474. The fourth-order valence-electron chi connectivity index (χ4n) is 1.00. The first-order valence-corrected chi connectivity index (χ1v) is 5.44. The second kappa shape index (κ2) is 7.01. The zero-order chi connectivity index (χ0) is 14.3. The third-order valence-corrected chi connectivity index (χ3v) is 2.36. The molecule has 0 aliphatic heterocycles. The van der Waals surface area contributed by atoms with E-state index in [9.17, 15) is 13.6 Å². The molecule has 1 N–H and O–H groups in total. The Balaban J connectivity index is 2.51. The fraction of sp³-hybridized carbons (Fsp3) is 0.200.